The van der Waals surface area contributed by atoms with Crippen LogP contribution in [0.3, 0.4) is 0 Å². The van der Waals surface area contributed by atoms with Gasteiger partial charge < -0.3 is 10.1 Å². The molecule has 0 spiro atoms. The van der Waals surface area contributed by atoms with Crippen molar-refractivity contribution in [1.29, 1.82) is 0 Å². The molecule has 3 heterocycles. The zero-order valence-electron chi connectivity index (χ0n) is 15.5. The van der Waals surface area contributed by atoms with Crippen molar-refractivity contribution in [2.24, 2.45) is 0 Å². The van der Waals surface area contributed by atoms with Crippen LogP contribution < -0.4 is 10.1 Å². The number of nitrogens with one attached hydrogen (secondary N) is 1. The maximum Gasteiger partial charge on any atom is 0.257 e. The Morgan fingerprint density at radius 3 is 2.67 bits per heavy atom. The van der Waals surface area contributed by atoms with Crippen molar-refractivity contribution in [3.05, 3.63) is 65.9 Å². The highest BCUT2D eigenvalue weighted by Gasteiger charge is 2.18. The van der Waals surface area contributed by atoms with Crippen molar-refractivity contribution in [2.75, 3.05) is 6.61 Å². The molecule has 27 heavy (non-hydrogen) atoms. The minimum absolute atomic E-state index is 0.253. The summed E-state index contributed by atoms with van der Waals surface area (Å²) in [4.78, 5) is 29.8. The highest BCUT2D eigenvalue weighted by Crippen LogP contribution is 2.21. The summed E-state index contributed by atoms with van der Waals surface area (Å²) in [6, 6.07) is 6.85. The second-order valence-electron chi connectivity index (χ2n) is 5.95. The topological polar surface area (TPSA) is 89.9 Å². The average Bonchev–Trinajstić information content (AvgIpc) is 2.69. The number of pyridine rings is 2. The van der Waals surface area contributed by atoms with E-state index in [-0.39, 0.29) is 11.9 Å². The highest BCUT2D eigenvalue weighted by atomic mass is 16.5. The Bertz CT molecular complexity index is 931. The van der Waals surface area contributed by atoms with Gasteiger partial charge in [0.15, 0.2) is 5.82 Å². The van der Waals surface area contributed by atoms with E-state index in [2.05, 4.69) is 25.3 Å². The number of ether oxygens (including phenoxy) is 1. The first kappa shape index (κ1) is 18.4. The maximum absolute atomic E-state index is 12.6. The van der Waals surface area contributed by atoms with E-state index in [4.69, 9.17) is 4.74 Å². The Labute approximate surface area is 157 Å². The van der Waals surface area contributed by atoms with Crippen molar-refractivity contribution >= 4 is 5.91 Å². The van der Waals surface area contributed by atoms with E-state index in [1.54, 1.807) is 36.9 Å². The minimum atomic E-state index is -0.265. The van der Waals surface area contributed by atoms with Gasteiger partial charge in [0.05, 0.1) is 12.6 Å². The number of nitrogens with zero attached hydrogens (tertiary/aromatic N) is 4. The van der Waals surface area contributed by atoms with E-state index >= 15 is 0 Å². The third kappa shape index (κ3) is 4.25. The minimum Gasteiger partial charge on any atom is -0.477 e. The number of amides is 1. The molecule has 1 N–H and O–H groups in total. The Hall–Kier alpha value is -3.35. The van der Waals surface area contributed by atoms with Gasteiger partial charge in [-0.3, -0.25) is 9.78 Å². The van der Waals surface area contributed by atoms with Crippen LogP contribution in [0.25, 0.3) is 11.4 Å². The van der Waals surface area contributed by atoms with Crippen molar-refractivity contribution < 1.29 is 9.53 Å². The fourth-order valence-corrected chi connectivity index (χ4v) is 2.71. The Morgan fingerprint density at radius 2 is 1.96 bits per heavy atom. The van der Waals surface area contributed by atoms with Gasteiger partial charge in [-0.05, 0) is 45.0 Å². The summed E-state index contributed by atoms with van der Waals surface area (Å²) < 4.78 is 5.43. The lowest BCUT2D eigenvalue weighted by Crippen LogP contribution is -2.28. The van der Waals surface area contributed by atoms with E-state index in [0.717, 1.165) is 16.8 Å². The molecule has 7 nitrogen and oxygen atoms in total. The highest BCUT2D eigenvalue weighted by molar-refractivity contribution is 5.96. The van der Waals surface area contributed by atoms with Crippen LogP contribution in [0.2, 0.25) is 0 Å². The molecule has 0 unspecified atom stereocenters. The zero-order valence-corrected chi connectivity index (χ0v) is 15.5. The summed E-state index contributed by atoms with van der Waals surface area (Å²) in [5, 5.41) is 2.96. The second kappa shape index (κ2) is 8.35. The van der Waals surface area contributed by atoms with Gasteiger partial charge in [0, 0.05) is 41.6 Å². The molecular weight excluding hydrogens is 342 g/mol. The number of aromatic nitrogens is 4. The molecule has 0 aliphatic carbocycles. The van der Waals surface area contributed by atoms with E-state index in [1.807, 2.05) is 32.9 Å². The summed E-state index contributed by atoms with van der Waals surface area (Å²) in [6.07, 6.45) is 6.75. The van der Waals surface area contributed by atoms with Crippen LogP contribution in [-0.2, 0) is 0 Å². The van der Waals surface area contributed by atoms with Gasteiger partial charge in [-0.2, -0.15) is 0 Å². The Kier molecular flexibility index (Phi) is 5.71. The molecule has 0 aromatic carbocycles. The molecule has 1 amide bonds. The lowest BCUT2D eigenvalue weighted by atomic mass is 10.1. The number of hydrogen-bond donors (Lipinski definition) is 1. The Morgan fingerprint density at radius 1 is 1.19 bits per heavy atom. The standard InChI is InChI=1S/C20H21N5O2/c1-4-27-20-16(6-5-9-22-20)19(26)25-14(3)17-12-23-18(24-13(17)2)15-7-10-21-11-8-15/h5-12,14H,4H2,1-3H3,(H,25,26)/t14-/m1/s1. The third-order valence-electron chi connectivity index (χ3n) is 4.07. The summed E-state index contributed by atoms with van der Waals surface area (Å²) in [5.74, 6) is 0.699. The van der Waals surface area contributed by atoms with E-state index in [0.29, 0.717) is 23.9 Å². The molecule has 1 atom stereocenters. The SMILES string of the molecule is CCOc1ncccc1C(=O)N[C@H](C)c1cnc(-c2ccncc2)nc1C. The molecule has 138 valence electrons. The fourth-order valence-electron chi connectivity index (χ4n) is 2.71. The van der Waals surface area contributed by atoms with Crippen LogP contribution in [0.15, 0.2) is 49.1 Å². The molecule has 0 radical (unpaired) electrons. The lowest BCUT2D eigenvalue weighted by Gasteiger charge is -2.17. The summed E-state index contributed by atoms with van der Waals surface area (Å²) in [5.41, 5.74) is 2.95. The third-order valence-corrected chi connectivity index (χ3v) is 4.07. The van der Waals surface area contributed by atoms with Gasteiger partial charge in [0.25, 0.3) is 5.91 Å². The van der Waals surface area contributed by atoms with Gasteiger partial charge in [0.1, 0.15) is 5.56 Å². The number of rotatable bonds is 6. The molecule has 0 saturated carbocycles. The molecular formula is C20H21N5O2. The van der Waals surface area contributed by atoms with Crippen molar-refractivity contribution in [3.8, 4) is 17.3 Å². The first-order valence-electron chi connectivity index (χ1n) is 8.72. The summed E-state index contributed by atoms with van der Waals surface area (Å²) in [7, 11) is 0. The van der Waals surface area contributed by atoms with Crippen molar-refractivity contribution in [1.82, 2.24) is 25.3 Å². The van der Waals surface area contributed by atoms with Gasteiger partial charge in [-0.1, -0.05) is 0 Å². The number of carbonyl (C=O) groups is 1. The summed E-state index contributed by atoms with van der Waals surface area (Å²) in [6.45, 7) is 6.09. The van der Waals surface area contributed by atoms with Crippen LogP contribution in [0.4, 0.5) is 0 Å². The van der Waals surface area contributed by atoms with Crippen molar-refractivity contribution in [3.63, 3.8) is 0 Å². The first-order valence-corrected chi connectivity index (χ1v) is 8.72. The van der Waals surface area contributed by atoms with Gasteiger partial charge in [-0.15, -0.1) is 0 Å². The van der Waals surface area contributed by atoms with Gasteiger partial charge in [0.2, 0.25) is 5.88 Å². The van der Waals surface area contributed by atoms with Crippen LogP contribution in [0.1, 0.15) is 41.5 Å². The first-order chi connectivity index (χ1) is 13.1. The van der Waals surface area contributed by atoms with Crippen LogP contribution in [-0.4, -0.2) is 32.4 Å². The lowest BCUT2D eigenvalue weighted by molar-refractivity contribution is 0.0935. The van der Waals surface area contributed by atoms with Gasteiger partial charge in [-0.25, -0.2) is 15.0 Å². The largest absolute Gasteiger partial charge is 0.477 e. The van der Waals surface area contributed by atoms with E-state index < -0.39 is 0 Å². The van der Waals surface area contributed by atoms with Crippen LogP contribution in [0.5, 0.6) is 5.88 Å². The molecule has 0 aliphatic heterocycles. The van der Waals surface area contributed by atoms with Crippen molar-refractivity contribution in [2.45, 2.75) is 26.8 Å². The zero-order chi connectivity index (χ0) is 19.2. The Balaban J connectivity index is 1.78. The molecule has 3 rings (SSSR count). The molecule has 0 bridgehead atoms. The molecule has 3 aromatic rings. The smallest absolute Gasteiger partial charge is 0.257 e. The second-order valence-corrected chi connectivity index (χ2v) is 5.95. The molecule has 0 fully saturated rings. The fraction of sp³-hybridized carbons (Fsp3) is 0.250. The normalized spacial score (nSPS) is 11.7. The molecule has 0 aliphatic rings. The average molecular weight is 363 g/mol. The number of hydrogen-bond acceptors (Lipinski definition) is 6. The quantitative estimate of drug-likeness (QED) is 0.724. The monoisotopic (exact) mass is 363 g/mol. The number of aryl methyl sites for hydroxylation is 1. The number of carbonyl (C=O) groups excluding carboxylic acids is 1. The van der Waals surface area contributed by atoms with Crippen LogP contribution in [0, 0.1) is 6.92 Å². The molecule has 3 aromatic heterocycles. The predicted molar refractivity (Wildman–Crippen MR) is 101 cm³/mol. The molecule has 7 heteroatoms. The van der Waals surface area contributed by atoms with Crippen LogP contribution >= 0.6 is 0 Å². The molecule has 0 saturated heterocycles. The maximum atomic E-state index is 12.6. The van der Waals surface area contributed by atoms with Gasteiger partial charge >= 0.3 is 0 Å². The van der Waals surface area contributed by atoms with E-state index in [1.165, 1.54) is 0 Å². The van der Waals surface area contributed by atoms with E-state index in [9.17, 15) is 4.79 Å². The summed E-state index contributed by atoms with van der Waals surface area (Å²) >= 11 is 0. The predicted octanol–water partition coefficient (Wildman–Crippen LogP) is 3.13.